The Bertz CT molecular complexity index is 688. The second-order valence-corrected chi connectivity index (χ2v) is 5.65. The molecule has 0 N–H and O–H groups in total. The summed E-state index contributed by atoms with van der Waals surface area (Å²) in [6, 6.07) is 3.37. The molecule has 22 heavy (non-hydrogen) atoms. The Morgan fingerprint density at radius 1 is 1.32 bits per heavy atom. The molecule has 0 unspecified atom stereocenters. The maximum absolute atomic E-state index is 13.6. The zero-order valence-corrected chi connectivity index (χ0v) is 12.2. The second kappa shape index (κ2) is 5.47. The van der Waals surface area contributed by atoms with Gasteiger partial charge in [-0.3, -0.25) is 4.79 Å². The third-order valence-electron chi connectivity index (χ3n) is 3.67. The van der Waals surface area contributed by atoms with Gasteiger partial charge in [0.15, 0.2) is 5.82 Å². The zero-order chi connectivity index (χ0) is 15.9. The van der Waals surface area contributed by atoms with E-state index in [1.165, 1.54) is 11.0 Å². The monoisotopic (exact) mass is 307 g/mol. The fraction of sp³-hybridized carbons (Fsp3) is 0.400. The van der Waals surface area contributed by atoms with Crippen LogP contribution in [0, 0.1) is 11.6 Å². The Hall–Kier alpha value is -2.31. The summed E-state index contributed by atoms with van der Waals surface area (Å²) in [5, 5.41) is 3.87. The van der Waals surface area contributed by atoms with Gasteiger partial charge in [-0.15, -0.1) is 0 Å². The van der Waals surface area contributed by atoms with Gasteiger partial charge in [-0.25, -0.2) is 8.78 Å². The number of carbonyl (C=O) groups excluding carboxylic acids is 1. The van der Waals surface area contributed by atoms with Crippen molar-refractivity contribution < 1.29 is 18.1 Å². The summed E-state index contributed by atoms with van der Waals surface area (Å²) < 4.78 is 32.4. The average molecular weight is 307 g/mol. The highest BCUT2D eigenvalue weighted by Gasteiger charge is 2.37. The molecule has 0 radical (unpaired) electrons. The molecular weight excluding hydrogens is 292 g/mol. The van der Waals surface area contributed by atoms with Crippen LogP contribution in [0.15, 0.2) is 22.7 Å². The number of rotatable bonds is 3. The van der Waals surface area contributed by atoms with Crippen LogP contribution in [0.5, 0.6) is 0 Å². The number of aromatic nitrogens is 2. The molecule has 116 valence electrons. The molecule has 5 nitrogen and oxygen atoms in total. The first-order chi connectivity index (χ1) is 10.5. The number of hydrogen-bond donors (Lipinski definition) is 0. The third-order valence-corrected chi connectivity index (χ3v) is 3.67. The van der Waals surface area contributed by atoms with Crippen molar-refractivity contribution in [3.8, 4) is 0 Å². The topological polar surface area (TPSA) is 59.2 Å². The van der Waals surface area contributed by atoms with E-state index in [-0.39, 0.29) is 11.8 Å². The zero-order valence-electron chi connectivity index (χ0n) is 12.2. The van der Waals surface area contributed by atoms with Crippen molar-refractivity contribution in [3.63, 3.8) is 0 Å². The van der Waals surface area contributed by atoms with E-state index < -0.39 is 23.1 Å². The summed E-state index contributed by atoms with van der Waals surface area (Å²) in [5.74, 6) is -1.22. The minimum Gasteiger partial charge on any atom is -0.339 e. The van der Waals surface area contributed by atoms with Crippen LogP contribution in [-0.4, -0.2) is 34.0 Å². The molecule has 1 saturated heterocycles. The van der Waals surface area contributed by atoms with Crippen LogP contribution in [0.2, 0.25) is 0 Å². The molecule has 0 aliphatic carbocycles. The average Bonchev–Trinajstić information content (AvgIpc) is 2.86. The Morgan fingerprint density at radius 3 is 2.50 bits per heavy atom. The van der Waals surface area contributed by atoms with Crippen LogP contribution in [-0.2, 0) is 0 Å². The number of amides is 1. The van der Waals surface area contributed by atoms with E-state index in [1.807, 2.05) is 13.8 Å². The molecule has 7 heteroatoms. The third kappa shape index (κ3) is 2.47. The first-order valence-electron chi connectivity index (χ1n) is 7.04. The number of likely N-dealkylation sites (tertiary alicyclic amines) is 1. The summed E-state index contributed by atoms with van der Waals surface area (Å²) in [4.78, 5) is 17.8. The van der Waals surface area contributed by atoms with Crippen molar-refractivity contribution in [3.05, 3.63) is 47.1 Å². The normalized spacial score (nSPS) is 15.2. The molecule has 3 rings (SSSR count). The molecule has 1 fully saturated rings. The molecule has 1 aliphatic rings. The molecule has 0 spiro atoms. The number of nitrogens with zero attached hydrogens (tertiary/aromatic N) is 3. The quantitative estimate of drug-likeness (QED) is 0.875. The van der Waals surface area contributed by atoms with Crippen molar-refractivity contribution in [1.29, 1.82) is 0 Å². The van der Waals surface area contributed by atoms with Crippen LogP contribution in [0.25, 0.3) is 0 Å². The molecule has 0 bridgehead atoms. The fourth-order valence-electron chi connectivity index (χ4n) is 2.31. The van der Waals surface area contributed by atoms with E-state index in [0.717, 1.165) is 12.1 Å². The van der Waals surface area contributed by atoms with Gasteiger partial charge < -0.3 is 9.42 Å². The summed E-state index contributed by atoms with van der Waals surface area (Å²) in [5.41, 5.74) is -0.519. The minimum atomic E-state index is -0.853. The van der Waals surface area contributed by atoms with Gasteiger partial charge >= 0.3 is 0 Å². The molecule has 0 atom stereocenters. The van der Waals surface area contributed by atoms with Crippen molar-refractivity contribution in [2.45, 2.75) is 25.7 Å². The molecule has 0 saturated carbocycles. The lowest BCUT2D eigenvalue weighted by atomic mass is 9.98. The number of hydrogen-bond acceptors (Lipinski definition) is 4. The number of carbonyl (C=O) groups is 1. The summed E-state index contributed by atoms with van der Waals surface area (Å²) in [7, 11) is 0. The van der Waals surface area contributed by atoms with Crippen molar-refractivity contribution in [2.75, 3.05) is 13.1 Å². The van der Waals surface area contributed by atoms with Crippen LogP contribution in [0.3, 0.4) is 0 Å². The van der Waals surface area contributed by atoms with Gasteiger partial charge in [0.25, 0.3) is 5.91 Å². The summed E-state index contributed by atoms with van der Waals surface area (Å²) in [6.07, 6.45) is 0. The highest BCUT2D eigenvalue weighted by Crippen LogP contribution is 2.29. The van der Waals surface area contributed by atoms with E-state index in [2.05, 4.69) is 10.1 Å². The van der Waals surface area contributed by atoms with Gasteiger partial charge in [0.1, 0.15) is 17.2 Å². The first kappa shape index (κ1) is 14.6. The van der Waals surface area contributed by atoms with Crippen molar-refractivity contribution >= 4 is 5.91 Å². The van der Waals surface area contributed by atoms with Gasteiger partial charge in [-0.05, 0) is 12.1 Å². The van der Waals surface area contributed by atoms with Crippen molar-refractivity contribution in [1.82, 2.24) is 15.0 Å². The van der Waals surface area contributed by atoms with Crippen molar-refractivity contribution in [2.24, 2.45) is 0 Å². The minimum absolute atomic E-state index is 0.0845. The predicted octanol–water partition coefficient (Wildman–Crippen LogP) is 2.71. The predicted molar refractivity (Wildman–Crippen MR) is 73.4 cm³/mol. The summed E-state index contributed by atoms with van der Waals surface area (Å²) in [6.45, 7) is 4.52. The molecular formula is C15H15F2N3O2. The van der Waals surface area contributed by atoms with Gasteiger partial charge in [-0.1, -0.05) is 25.1 Å². The Kier molecular flexibility index (Phi) is 3.64. The lowest BCUT2D eigenvalue weighted by Crippen LogP contribution is -2.49. The van der Waals surface area contributed by atoms with Crippen LogP contribution in [0.4, 0.5) is 8.78 Å². The fourth-order valence-corrected chi connectivity index (χ4v) is 2.31. The highest BCUT2D eigenvalue weighted by atomic mass is 19.1. The van der Waals surface area contributed by atoms with E-state index in [9.17, 15) is 13.6 Å². The van der Waals surface area contributed by atoms with Crippen LogP contribution >= 0.6 is 0 Å². The van der Waals surface area contributed by atoms with Gasteiger partial charge in [0, 0.05) is 19.0 Å². The Balaban J connectivity index is 1.69. The van der Waals surface area contributed by atoms with E-state index >= 15 is 0 Å². The molecule has 2 heterocycles. The summed E-state index contributed by atoms with van der Waals surface area (Å²) >= 11 is 0. The Labute approximate surface area is 125 Å². The van der Waals surface area contributed by atoms with E-state index in [0.29, 0.717) is 24.8 Å². The number of halogens is 2. The molecule has 1 amide bonds. The maximum Gasteiger partial charge on any atom is 0.259 e. The van der Waals surface area contributed by atoms with E-state index in [1.54, 1.807) is 0 Å². The standard InChI is InChI=1S/C15H15F2N3O2/c1-8(2)13-18-14(22-19-13)9-6-20(7-9)15(21)12-10(16)4-3-5-11(12)17/h3-5,8-9H,6-7H2,1-2H3. The first-order valence-corrected chi connectivity index (χ1v) is 7.04. The van der Waals surface area contributed by atoms with Gasteiger partial charge in [0.2, 0.25) is 5.89 Å². The largest absolute Gasteiger partial charge is 0.339 e. The molecule has 1 aliphatic heterocycles. The smallest absolute Gasteiger partial charge is 0.259 e. The van der Waals surface area contributed by atoms with Gasteiger partial charge in [0.05, 0.1) is 5.92 Å². The number of benzene rings is 1. The van der Waals surface area contributed by atoms with Gasteiger partial charge in [-0.2, -0.15) is 4.98 Å². The molecule has 1 aromatic carbocycles. The van der Waals surface area contributed by atoms with E-state index in [4.69, 9.17) is 4.52 Å². The Morgan fingerprint density at radius 2 is 1.95 bits per heavy atom. The lowest BCUT2D eigenvalue weighted by Gasteiger charge is -2.37. The second-order valence-electron chi connectivity index (χ2n) is 5.65. The molecule has 1 aromatic heterocycles. The molecule has 2 aromatic rings. The lowest BCUT2D eigenvalue weighted by molar-refractivity contribution is 0.0559. The highest BCUT2D eigenvalue weighted by molar-refractivity contribution is 5.95. The SMILES string of the molecule is CC(C)c1noc(C2CN(C(=O)c3c(F)cccc3F)C2)n1. The van der Waals surface area contributed by atoms with Crippen LogP contribution in [0.1, 0.15) is 47.8 Å². The van der Waals surface area contributed by atoms with Crippen LogP contribution < -0.4 is 0 Å². The maximum atomic E-state index is 13.6.